The van der Waals surface area contributed by atoms with Gasteiger partial charge in [-0.2, -0.15) is 0 Å². The molecule has 2 saturated carbocycles. The number of Topliss-reactive ketones (excluding diaryl/α,β-unsaturated/α-hetero) is 1. The molecular weight excluding hydrogens is 534 g/mol. The average molecular weight is 577 g/mol. The second-order valence-electron chi connectivity index (χ2n) is 9.61. The van der Waals surface area contributed by atoms with Crippen LogP contribution in [-0.2, 0) is 34.9 Å². The first kappa shape index (κ1) is 31.9. The zero-order valence-electron chi connectivity index (χ0n) is 18.8. The molecule has 3 aliphatic heterocycles. The van der Waals surface area contributed by atoms with E-state index in [-0.39, 0.29) is 18.7 Å². The summed E-state index contributed by atoms with van der Waals surface area (Å²) < 4.78 is 22.6. The van der Waals surface area contributed by atoms with Crippen molar-refractivity contribution >= 4 is 36.1 Å². The van der Waals surface area contributed by atoms with Gasteiger partial charge in [0.05, 0.1) is 26.4 Å². The van der Waals surface area contributed by atoms with Gasteiger partial charge in [0.1, 0.15) is 5.78 Å². The third-order valence-corrected chi connectivity index (χ3v) is 7.56. The van der Waals surface area contributed by atoms with Crippen molar-refractivity contribution in [2.24, 2.45) is 10.8 Å². The Morgan fingerprint density at radius 3 is 1.48 bits per heavy atom. The van der Waals surface area contributed by atoms with Gasteiger partial charge in [-0.3, -0.25) is 4.79 Å². The predicted octanol–water partition coefficient (Wildman–Crippen LogP) is 5.90. The molecule has 0 aromatic rings. The SMILES string of the molecule is C.C1COCC2(C1)CCC1(CC2)OCCO1.O.O=C1CCC2(CCCOC2)CC1.[Cl][Fe]([Cl])[Cl]. The second kappa shape index (κ2) is 15.2. The third kappa shape index (κ3) is 10.0. The molecule has 0 aromatic carbocycles. The van der Waals surface area contributed by atoms with Crippen molar-refractivity contribution in [2.45, 2.75) is 90.3 Å². The topological polar surface area (TPSA) is 85.5 Å². The van der Waals surface area contributed by atoms with Crippen molar-refractivity contribution in [1.82, 2.24) is 0 Å². The van der Waals surface area contributed by atoms with Crippen LogP contribution in [0.4, 0.5) is 0 Å². The van der Waals surface area contributed by atoms with Gasteiger partial charge in [-0.15, -0.1) is 0 Å². The van der Waals surface area contributed by atoms with E-state index in [1.165, 1.54) is 38.5 Å². The van der Waals surface area contributed by atoms with E-state index in [9.17, 15) is 4.79 Å². The van der Waals surface area contributed by atoms with Gasteiger partial charge in [0.2, 0.25) is 0 Å². The Morgan fingerprint density at radius 2 is 1.09 bits per heavy atom. The van der Waals surface area contributed by atoms with E-state index in [0.717, 1.165) is 78.2 Å². The van der Waals surface area contributed by atoms with Crippen LogP contribution in [0.5, 0.6) is 0 Å². The minimum atomic E-state index is -1.33. The molecule has 0 radical (unpaired) electrons. The van der Waals surface area contributed by atoms with Crippen molar-refractivity contribution in [2.75, 3.05) is 39.6 Å². The Kier molecular flexibility index (Phi) is 14.7. The molecule has 0 aromatic heterocycles. The molecule has 0 atom stereocenters. The Morgan fingerprint density at radius 1 is 0.667 bits per heavy atom. The van der Waals surface area contributed by atoms with Crippen LogP contribution in [0.2, 0.25) is 0 Å². The summed E-state index contributed by atoms with van der Waals surface area (Å²) in [6.45, 7) is 5.31. The fraction of sp³-hybridized carbons (Fsp3) is 0.957. The van der Waals surface area contributed by atoms with E-state index in [2.05, 4.69) is 0 Å². The third-order valence-electron chi connectivity index (χ3n) is 7.56. The Bertz CT molecular complexity index is 536. The van der Waals surface area contributed by atoms with E-state index in [0.29, 0.717) is 16.6 Å². The Hall–Kier alpha value is 0.859. The number of carbonyl (C=O) groups excluding carboxylic acids is 1. The van der Waals surface area contributed by atoms with E-state index in [1.54, 1.807) is 0 Å². The first-order chi connectivity index (χ1) is 14.9. The van der Waals surface area contributed by atoms with Crippen molar-refractivity contribution in [1.29, 1.82) is 0 Å². The molecule has 33 heavy (non-hydrogen) atoms. The summed E-state index contributed by atoms with van der Waals surface area (Å²) >= 11 is -1.33. The van der Waals surface area contributed by atoms with Crippen molar-refractivity contribution < 1.29 is 40.4 Å². The van der Waals surface area contributed by atoms with Gasteiger partial charge in [0, 0.05) is 38.9 Å². The Labute approximate surface area is 216 Å². The molecule has 2 N–H and O–H groups in total. The van der Waals surface area contributed by atoms with Crippen LogP contribution in [0.3, 0.4) is 0 Å². The maximum absolute atomic E-state index is 11.0. The first-order valence-corrected chi connectivity index (χ1v) is 16.0. The maximum atomic E-state index is 11.0. The summed E-state index contributed by atoms with van der Waals surface area (Å²) in [5.41, 5.74) is 0.852. The molecule has 6 nitrogen and oxygen atoms in total. The molecule has 3 saturated heterocycles. The van der Waals surface area contributed by atoms with Gasteiger partial charge < -0.3 is 24.4 Å². The van der Waals surface area contributed by atoms with E-state index in [1.807, 2.05) is 0 Å². The molecule has 3 heterocycles. The number of hydrogen-bond acceptors (Lipinski definition) is 5. The summed E-state index contributed by atoms with van der Waals surface area (Å²) in [5, 5.41) is 0. The van der Waals surface area contributed by atoms with Gasteiger partial charge in [-0.05, 0) is 62.2 Å². The molecule has 5 aliphatic rings. The van der Waals surface area contributed by atoms with E-state index >= 15 is 0 Å². The summed E-state index contributed by atoms with van der Waals surface area (Å²) in [4.78, 5) is 11.0. The van der Waals surface area contributed by atoms with Crippen molar-refractivity contribution in [3.63, 3.8) is 0 Å². The van der Waals surface area contributed by atoms with E-state index in [4.69, 9.17) is 49.2 Å². The molecule has 199 valence electrons. The van der Waals surface area contributed by atoms with Crippen LogP contribution in [0.25, 0.3) is 0 Å². The van der Waals surface area contributed by atoms with Crippen LogP contribution in [0, 0.1) is 10.8 Å². The van der Waals surface area contributed by atoms with Crippen molar-refractivity contribution in [3.8, 4) is 0 Å². The standard InChI is InChI=1S/C12H20O3.C10H16O2.CH4.3ClH.Fe.H2O/c1-2-11(10-13-7-1)3-5-12(6-4-11)14-8-9-15-12;11-9-2-5-10(6-3-9)4-1-7-12-8-10;;;;;;/h1-10H2;1-8H2;1H4;3*1H;;1H2/q;;;;;;+3;/p-3. The number of ketones is 1. The summed E-state index contributed by atoms with van der Waals surface area (Å²) in [5.74, 6) is 0.245. The predicted molar refractivity (Wildman–Crippen MR) is 129 cm³/mol. The normalized spacial score (nSPS) is 27.2. The number of rotatable bonds is 0. The molecule has 0 amide bonds. The number of ether oxygens (including phenoxy) is 4. The molecule has 0 unspecified atom stereocenters. The zero-order chi connectivity index (χ0) is 22.2. The Balaban J connectivity index is 0.000000275. The fourth-order valence-corrected chi connectivity index (χ4v) is 5.61. The molecule has 0 bridgehead atoms. The van der Waals surface area contributed by atoms with Crippen molar-refractivity contribution in [3.05, 3.63) is 0 Å². The monoisotopic (exact) mass is 575 g/mol. The molecular formula is C23H42Cl3FeO6. The zero-order valence-corrected chi connectivity index (χ0v) is 22.1. The number of carbonyl (C=O) groups is 1. The summed E-state index contributed by atoms with van der Waals surface area (Å²) in [7, 11) is 14.7. The van der Waals surface area contributed by atoms with Gasteiger partial charge in [-0.25, -0.2) is 0 Å². The molecule has 5 rings (SSSR count). The first-order valence-electron chi connectivity index (χ1n) is 11.5. The van der Waals surface area contributed by atoms with Gasteiger partial charge >= 0.3 is 41.5 Å². The molecule has 2 aliphatic carbocycles. The molecule has 5 fully saturated rings. The fourth-order valence-electron chi connectivity index (χ4n) is 5.61. The van der Waals surface area contributed by atoms with Gasteiger partial charge in [-0.1, -0.05) is 7.43 Å². The van der Waals surface area contributed by atoms with Crippen LogP contribution < -0.4 is 0 Å². The average Bonchev–Trinajstić information content (AvgIpc) is 3.23. The summed E-state index contributed by atoms with van der Waals surface area (Å²) in [6.07, 6.45) is 13.3. The summed E-state index contributed by atoms with van der Waals surface area (Å²) in [6, 6.07) is 0. The van der Waals surface area contributed by atoms with Gasteiger partial charge in [0.25, 0.3) is 0 Å². The van der Waals surface area contributed by atoms with Crippen LogP contribution in [-0.4, -0.2) is 56.7 Å². The molecule has 10 heteroatoms. The van der Waals surface area contributed by atoms with Crippen LogP contribution in [0.15, 0.2) is 0 Å². The van der Waals surface area contributed by atoms with E-state index < -0.39 is 11.2 Å². The number of hydrogen-bond donors (Lipinski definition) is 0. The molecule has 3 spiro atoms. The van der Waals surface area contributed by atoms with Crippen LogP contribution >= 0.6 is 30.3 Å². The quantitative estimate of drug-likeness (QED) is 0.335. The minimum absolute atomic E-state index is 0. The number of halogens is 3. The van der Waals surface area contributed by atoms with Crippen LogP contribution in [0.1, 0.15) is 84.5 Å². The van der Waals surface area contributed by atoms with Gasteiger partial charge in [0.15, 0.2) is 5.79 Å². The second-order valence-corrected chi connectivity index (χ2v) is 15.1.